The average Bonchev–Trinajstić information content (AvgIpc) is 3.31. The molecular weight excluding hydrogens is 509 g/mol. The molecule has 9 heteroatoms. The molecule has 1 fully saturated rings. The Bertz CT molecular complexity index is 772. The van der Waals surface area contributed by atoms with E-state index >= 15 is 0 Å². The van der Waals surface area contributed by atoms with E-state index in [0.29, 0.717) is 35.7 Å². The lowest BCUT2D eigenvalue weighted by Gasteiger charge is -2.17. The predicted molar refractivity (Wildman–Crippen MR) is 128 cm³/mol. The van der Waals surface area contributed by atoms with Crippen molar-refractivity contribution in [1.82, 2.24) is 20.8 Å². The molecule has 0 spiro atoms. The number of aromatic nitrogens is 2. The highest BCUT2D eigenvalue weighted by Crippen LogP contribution is 2.29. The minimum atomic E-state index is 0. The lowest BCUT2D eigenvalue weighted by atomic mass is 10.2. The van der Waals surface area contributed by atoms with Crippen LogP contribution in [0.25, 0.3) is 11.4 Å². The van der Waals surface area contributed by atoms with E-state index in [1.54, 1.807) is 7.05 Å². The van der Waals surface area contributed by atoms with E-state index in [1.807, 2.05) is 24.3 Å². The van der Waals surface area contributed by atoms with E-state index in [1.165, 1.54) is 25.0 Å². The van der Waals surface area contributed by atoms with Crippen LogP contribution in [0.3, 0.4) is 0 Å². The van der Waals surface area contributed by atoms with Gasteiger partial charge in [0.15, 0.2) is 5.96 Å². The third kappa shape index (κ3) is 6.81. The van der Waals surface area contributed by atoms with Crippen LogP contribution in [0.1, 0.15) is 32.1 Å². The minimum Gasteiger partial charge on any atom is -0.356 e. The predicted octanol–water partition coefficient (Wildman–Crippen LogP) is 4.39. The summed E-state index contributed by atoms with van der Waals surface area (Å²) < 4.78 is 5.34. The number of nitrogens with zero attached hydrogens (tertiary/aromatic N) is 3. The normalized spacial score (nSPS) is 19.3. The van der Waals surface area contributed by atoms with E-state index in [-0.39, 0.29) is 24.0 Å². The number of hydrogen-bond acceptors (Lipinski definition) is 5. The number of aliphatic imine (C=N–C) groups is 1. The Labute approximate surface area is 192 Å². The smallest absolute Gasteiger partial charge is 0.228 e. The Balaban J connectivity index is 0.00000280. The first-order chi connectivity index (χ1) is 13.2. The molecule has 1 aromatic carbocycles. The lowest BCUT2D eigenvalue weighted by molar-refractivity contribution is 0.378. The maximum Gasteiger partial charge on any atom is 0.228 e. The zero-order valence-corrected chi connectivity index (χ0v) is 20.1. The zero-order valence-electron chi connectivity index (χ0n) is 16.2. The molecule has 0 saturated heterocycles. The highest BCUT2D eigenvalue weighted by atomic mass is 127. The number of benzene rings is 1. The summed E-state index contributed by atoms with van der Waals surface area (Å²) in [6, 6.07) is 7.93. The van der Waals surface area contributed by atoms with E-state index in [2.05, 4.69) is 44.5 Å². The minimum absolute atomic E-state index is 0. The molecular formula is C19H27ClIN5OS. The van der Waals surface area contributed by atoms with Crippen LogP contribution in [-0.2, 0) is 6.42 Å². The Hall–Kier alpha value is -1.000. The molecule has 3 rings (SSSR count). The second-order valence-corrected chi connectivity index (χ2v) is 8.52. The molecule has 1 aliphatic rings. The van der Waals surface area contributed by atoms with Gasteiger partial charge in [-0.15, -0.1) is 24.0 Å². The number of nitrogens with one attached hydrogen (secondary N) is 2. The lowest BCUT2D eigenvalue weighted by Crippen LogP contribution is -2.43. The summed E-state index contributed by atoms with van der Waals surface area (Å²) in [6.07, 6.45) is 4.31. The van der Waals surface area contributed by atoms with Crippen molar-refractivity contribution in [2.45, 2.75) is 43.9 Å². The first kappa shape index (κ1) is 23.3. The first-order valence-electron chi connectivity index (χ1n) is 9.35. The van der Waals surface area contributed by atoms with Gasteiger partial charge in [-0.05, 0) is 37.1 Å². The summed E-state index contributed by atoms with van der Waals surface area (Å²) in [6.45, 7) is 2.90. The van der Waals surface area contributed by atoms with Gasteiger partial charge in [0.1, 0.15) is 0 Å². The van der Waals surface area contributed by atoms with Gasteiger partial charge in [0.25, 0.3) is 0 Å². The Morgan fingerprint density at radius 1 is 1.39 bits per heavy atom. The maximum absolute atomic E-state index is 6.01. The van der Waals surface area contributed by atoms with Crippen LogP contribution in [-0.4, -0.2) is 46.7 Å². The first-order valence-corrected chi connectivity index (χ1v) is 10.8. The van der Waals surface area contributed by atoms with Crippen molar-refractivity contribution in [3.05, 3.63) is 35.2 Å². The van der Waals surface area contributed by atoms with Gasteiger partial charge in [0.2, 0.25) is 11.7 Å². The van der Waals surface area contributed by atoms with E-state index in [0.717, 1.165) is 16.8 Å². The van der Waals surface area contributed by atoms with Crippen LogP contribution in [0.2, 0.25) is 5.02 Å². The van der Waals surface area contributed by atoms with Gasteiger partial charge >= 0.3 is 0 Å². The quantitative estimate of drug-likeness (QED) is 0.311. The molecule has 1 heterocycles. The van der Waals surface area contributed by atoms with Crippen molar-refractivity contribution in [3.63, 3.8) is 0 Å². The summed E-state index contributed by atoms with van der Waals surface area (Å²) in [5.41, 5.74) is 0.851. The van der Waals surface area contributed by atoms with Crippen molar-refractivity contribution in [3.8, 4) is 11.4 Å². The molecule has 2 aromatic rings. The highest BCUT2D eigenvalue weighted by molar-refractivity contribution is 14.0. The zero-order chi connectivity index (χ0) is 19.1. The summed E-state index contributed by atoms with van der Waals surface area (Å²) in [4.78, 5) is 8.76. The van der Waals surface area contributed by atoms with Gasteiger partial charge < -0.3 is 15.2 Å². The number of rotatable bonds is 7. The van der Waals surface area contributed by atoms with Crippen molar-refractivity contribution < 1.29 is 4.52 Å². The fourth-order valence-corrected chi connectivity index (χ4v) is 4.57. The Morgan fingerprint density at radius 3 is 3.00 bits per heavy atom. The average molecular weight is 536 g/mol. The molecule has 6 nitrogen and oxygen atoms in total. The molecule has 0 bridgehead atoms. The molecule has 2 N–H and O–H groups in total. The van der Waals surface area contributed by atoms with Gasteiger partial charge in [-0.2, -0.15) is 16.7 Å². The Kier molecular flexibility index (Phi) is 9.87. The molecule has 1 aliphatic carbocycles. The number of hydrogen-bond donors (Lipinski definition) is 2. The van der Waals surface area contributed by atoms with Crippen molar-refractivity contribution in [1.29, 1.82) is 0 Å². The van der Waals surface area contributed by atoms with Crippen molar-refractivity contribution in [2.75, 3.05) is 19.3 Å². The van der Waals surface area contributed by atoms with Crippen LogP contribution >= 0.6 is 47.3 Å². The van der Waals surface area contributed by atoms with E-state index in [4.69, 9.17) is 16.1 Å². The topological polar surface area (TPSA) is 75.3 Å². The van der Waals surface area contributed by atoms with Crippen LogP contribution < -0.4 is 10.6 Å². The van der Waals surface area contributed by atoms with Gasteiger partial charge in [-0.25, -0.2) is 0 Å². The second kappa shape index (κ2) is 11.9. The summed E-state index contributed by atoms with van der Waals surface area (Å²) in [5.74, 6) is 3.16. The summed E-state index contributed by atoms with van der Waals surface area (Å²) in [7, 11) is 1.80. The third-order valence-electron chi connectivity index (χ3n) is 4.53. The molecule has 1 saturated carbocycles. The monoisotopic (exact) mass is 535 g/mol. The van der Waals surface area contributed by atoms with E-state index in [9.17, 15) is 0 Å². The number of halogens is 2. The molecule has 2 atom stereocenters. The Morgan fingerprint density at radius 2 is 2.25 bits per heavy atom. The second-order valence-electron chi connectivity index (χ2n) is 6.50. The van der Waals surface area contributed by atoms with Crippen molar-refractivity contribution >= 4 is 53.3 Å². The maximum atomic E-state index is 6.01. The molecule has 2 unspecified atom stereocenters. The van der Waals surface area contributed by atoms with Crippen LogP contribution in [0, 0.1) is 0 Å². The standard InChI is InChI=1S/C19H26ClN5OS.HI/c1-3-27-16-8-7-15(12-16)23-19(21-2)22-10-9-17-24-18(25-26-17)13-5-4-6-14(20)11-13;/h4-6,11,15-16H,3,7-10,12H2,1-2H3,(H2,21,22,23);1H. The SMILES string of the molecule is CCSC1CCC(NC(=NC)NCCc2nc(-c3cccc(Cl)c3)no2)C1.I. The summed E-state index contributed by atoms with van der Waals surface area (Å²) in [5, 5.41) is 12.3. The van der Waals surface area contributed by atoms with Gasteiger partial charge in [-0.3, -0.25) is 4.99 Å². The number of thioether (sulfide) groups is 1. The van der Waals surface area contributed by atoms with Crippen LogP contribution in [0.15, 0.2) is 33.8 Å². The molecule has 0 amide bonds. The molecule has 1 aromatic heterocycles. The van der Waals surface area contributed by atoms with Gasteiger partial charge in [0, 0.05) is 41.9 Å². The fourth-order valence-electron chi connectivity index (χ4n) is 3.24. The highest BCUT2D eigenvalue weighted by Gasteiger charge is 2.25. The fraction of sp³-hybridized carbons (Fsp3) is 0.526. The van der Waals surface area contributed by atoms with Gasteiger partial charge in [0.05, 0.1) is 0 Å². The van der Waals surface area contributed by atoms with Gasteiger partial charge in [-0.1, -0.05) is 35.8 Å². The number of guanidine groups is 1. The molecule has 0 aliphatic heterocycles. The molecule has 0 radical (unpaired) electrons. The summed E-state index contributed by atoms with van der Waals surface area (Å²) >= 11 is 8.07. The van der Waals surface area contributed by atoms with Crippen LogP contribution in [0.4, 0.5) is 0 Å². The van der Waals surface area contributed by atoms with Crippen molar-refractivity contribution in [2.24, 2.45) is 4.99 Å². The van der Waals surface area contributed by atoms with E-state index < -0.39 is 0 Å². The molecule has 154 valence electrons. The largest absolute Gasteiger partial charge is 0.356 e. The van der Waals surface area contributed by atoms with Crippen LogP contribution in [0.5, 0.6) is 0 Å². The third-order valence-corrected chi connectivity index (χ3v) is 6.00. The molecule has 28 heavy (non-hydrogen) atoms.